The van der Waals surface area contributed by atoms with E-state index < -0.39 is 5.97 Å². The molecule has 0 spiro atoms. The van der Waals surface area contributed by atoms with Gasteiger partial charge in [-0.1, -0.05) is 19.9 Å². The Morgan fingerprint density at radius 3 is 2.78 bits per heavy atom. The Kier molecular flexibility index (Phi) is 3.55. The first-order chi connectivity index (χ1) is 8.61. The van der Waals surface area contributed by atoms with Gasteiger partial charge >= 0.3 is 5.97 Å². The van der Waals surface area contributed by atoms with Gasteiger partial charge in [0.1, 0.15) is 0 Å². The summed E-state index contributed by atoms with van der Waals surface area (Å²) in [5.74, 6) is 0.0146. The molecule has 4 heteroatoms. The molecular weight excluding hydrogens is 228 g/mol. The molecule has 1 aromatic carbocycles. The summed E-state index contributed by atoms with van der Waals surface area (Å²) < 4.78 is 4.90. The molecule has 2 rings (SSSR count). The van der Waals surface area contributed by atoms with E-state index in [2.05, 4.69) is 23.8 Å². The molecule has 0 amide bonds. The van der Waals surface area contributed by atoms with Crippen molar-refractivity contribution >= 4 is 17.0 Å². The maximum Gasteiger partial charge on any atom is 0.358 e. The summed E-state index contributed by atoms with van der Waals surface area (Å²) >= 11 is 0. The number of fused-ring (bicyclic) bond motifs is 1. The van der Waals surface area contributed by atoms with Crippen molar-refractivity contribution in [2.24, 2.45) is 0 Å². The fraction of sp³-hybridized carbons (Fsp3) is 0.357. The molecule has 0 fully saturated rings. The van der Waals surface area contributed by atoms with Crippen LogP contribution in [-0.4, -0.2) is 22.5 Å². The number of aromatic nitrogens is 2. The summed E-state index contributed by atoms with van der Waals surface area (Å²) in [6, 6.07) is 5.90. The monoisotopic (exact) mass is 244 g/mol. The molecule has 0 aliphatic carbocycles. The molecular formula is C14H16N2O2. The molecule has 2 aromatic rings. The molecule has 0 unspecified atom stereocenters. The molecule has 1 heterocycles. The first-order valence-corrected chi connectivity index (χ1v) is 6.05. The van der Waals surface area contributed by atoms with Crippen molar-refractivity contribution in [2.45, 2.75) is 26.7 Å². The summed E-state index contributed by atoms with van der Waals surface area (Å²) in [5, 5.41) is 0. The molecule has 0 radical (unpaired) electrons. The van der Waals surface area contributed by atoms with Crippen LogP contribution < -0.4 is 0 Å². The third-order valence-electron chi connectivity index (χ3n) is 2.72. The topological polar surface area (TPSA) is 52.1 Å². The highest BCUT2D eigenvalue weighted by molar-refractivity contribution is 5.89. The predicted octanol–water partition coefficient (Wildman–Crippen LogP) is 2.93. The van der Waals surface area contributed by atoms with Gasteiger partial charge < -0.3 is 4.74 Å². The van der Waals surface area contributed by atoms with E-state index in [-0.39, 0.29) is 5.69 Å². The van der Waals surface area contributed by atoms with E-state index in [0.29, 0.717) is 18.0 Å². The van der Waals surface area contributed by atoms with Gasteiger partial charge in [0, 0.05) is 0 Å². The molecule has 0 saturated heterocycles. The minimum atomic E-state index is -0.431. The largest absolute Gasteiger partial charge is 0.461 e. The number of hydrogen-bond acceptors (Lipinski definition) is 4. The number of ether oxygens (including phenoxy) is 1. The Balaban J connectivity index is 2.41. The fourth-order valence-corrected chi connectivity index (χ4v) is 1.69. The van der Waals surface area contributed by atoms with Crippen LogP contribution in [0.5, 0.6) is 0 Å². The zero-order valence-corrected chi connectivity index (χ0v) is 10.8. The van der Waals surface area contributed by atoms with E-state index in [9.17, 15) is 4.79 Å². The third-order valence-corrected chi connectivity index (χ3v) is 2.72. The van der Waals surface area contributed by atoms with Gasteiger partial charge in [0.25, 0.3) is 0 Å². The molecule has 0 atom stereocenters. The normalized spacial score (nSPS) is 10.9. The van der Waals surface area contributed by atoms with E-state index in [0.717, 1.165) is 5.52 Å². The van der Waals surface area contributed by atoms with Crippen LogP contribution in [0.4, 0.5) is 0 Å². The molecule has 0 aliphatic heterocycles. The van der Waals surface area contributed by atoms with Crippen LogP contribution in [0, 0.1) is 0 Å². The lowest BCUT2D eigenvalue weighted by Crippen LogP contribution is -2.07. The highest BCUT2D eigenvalue weighted by Gasteiger charge is 2.10. The van der Waals surface area contributed by atoms with Crippen molar-refractivity contribution in [3.8, 4) is 0 Å². The van der Waals surface area contributed by atoms with Gasteiger partial charge in [-0.2, -0.15) is 0 Å². The SMILES string of the molecule is CCOC(=O)c1cnc2cc(C(C)C)ccc2n1. The van der Waals surface area contributed by atoms with Gasteiger partial charge in [-0.05, 0) is 30.5 Å². The number of rotatable bonds is 3. The lowest BCUT2D eigenvalue weighted by molar-refractivity contribution is 0.0519. The number of nitrogens with zero attached hydrogens (tertiary/aromatic N) is 2. The van der Waals surface area contributed by atoms with Gasteiger partial charge in [-0.25, -0.2) is 9.78 Å². The lowest BCUT2D eigenvalue weighted by atomic mass is 10.0. The number of carbonyl (C=O) groups is 1. The summed E-state index contributed by atoms with van der Waals surface area (Å²) in [4.78, 5) is 20.1. The number of carbonyl (C=O) groups excluding carboxylic acids is 1. The zero-order valence-electron chi connectivity index (χ0n) is 10.8. The fourth-order valence-electron chi connectivity index (χ4n) is 1.69. The second kappa shape index (κ2) is 5.12. The van der Waals surface area contributed by atoms with Crippen molar-refractivity contribution in [3.63, 3.8) is 0 Å². The Hall–Kier alpha value is -1.97. The van der Waals surface area contributed by atoms with Gasteiger partial charge in [-0.3, -0.25) is 4.98 Å². The van der Waals surface area contributed by atoms with E-state index in [1.165, 1.54) is 11.8 Å². The molecule has 18 heavy (non-hydrogen) atoms. The maximum absolute atomic E-state index is 11.5. The lowest BCUT2D eigenvalue weighted by Gasteiger charge is -2.06. The van der Waals surface area contributed by atoms with Crippen molar-refractivity contribution in [3.05, 3.63) is 35.7 Å². The number of esters is 1. The number of benzene rings is 1. The van der Waals surface area contributed by atoms with Crippen LogP contribution in [0.3, 0.4) is 0 Å². The Morgan fingerprint density at radius 2 is 2.11 bits per heavy atom. The first-order valence-electron chi connectivity index (χ1n) is 6.05. The van der Waals surface area contributed by atoms with E-state index in [1.807, 2.05) is 18.2 Å². The number of hydrogen-bond donors (Lipinski definition) is 0. The van der Waals surface area contributed by atoms with Crippen LogP contribution >= 0.6 is 0 Å². The second-order valence-electron chi connectivity index (χ2n) is 4.38. The van der Waals surface area contributed by atoms with Crippen LogP contribution in [-0.2, 0) is 4.74 Å². The minimum absolute atomic E-state index is 0.252. The standard InChI is InChI=1S/C14H16N2O2/c1-4-18-14(17)13-8-15-12-7-10(9(2)3)5-6-11(12)16-13/h5-9H,4H2,1-3H3. The van der Waals surface area contributed by atoms with Gasteiger partial charge in [0.15, 0.2) is 5.69 Å². The molecule has 1 aromatic heterocycles. The third kappa shape index (κ3) is 2.47. The summed E-state index contributed by atoms with van der Waals surface area (Å²) in [6.07, 6.45) is 1.46. The summed E-state index contributed by atoms with van der Waals surface area (Å²) in [7, 11) is 0. The van der Waals surface area contributed by atoms with Crippen molar-refractivity contribution in [1.82, 2.24) is 9.97 Å². The van der Waals surface area contributed by atoms with Crippen molar-refractivity contribution in [2.75, 3.05) is 6.61 Å². The highest BCUT2D eigenvalue weighted by atomic mass is 16.5. The Bertz CT molecular complexity index is 579. The summed E-state index contributed by atoms with van der Waals surface area (Å²) in [6.45, 7) is 6.36. The maximum atomic E-state index is 11.5. The quantitative estimate of drug-likeness (QED) is 0.779. The van der Waals surface area contributed by atoms with Crippen LogP contribution in [0.25, 0.3) is 11.0 Å². The highest BCUT2D eigenvalue weighted by Crippen LogP contribution is 2.19. The van der Waals surface area contributed by atoms with Crippen molar-refractivity contribution in [1.29, 1.82) is 0 Å². The van der Waals surface area contributed by atoms with E-state index in [1.54, 1.807) is 6.92 Å². The zero-order chi connectivity index (χ0) is 13.1. The molecule has 0 saturated carbocycles. The van der Waals surface area contributed by atoms with Gasteiger partial charge in [-0.15, -0.1) is 0 Å². The van der Waals surface area contributed by atoms with Gasteiger partial charge in [0.2, 0.25) is 0 Å². The minimum Gasteiger partial charge on any atom is -0.461 e. The Morgan fingerprint density at radius 1 is 1.33 bits per heavy atom. The Labute approximate surface area is 106 Å². The molecule has 0 N–H and O–H groups in total. The van der Waals surface area contributed by atoms with Crippen LogP contribution in [0.15, 0.2) is 24.4 Å². The molecule has 4 nitrogen and oxygen atoms in total. The molecule has 94 valence electrons. The van der Waals surface area contributed by atoms with E-state index in [4.69, 9.17) is 4.74 Å². The van der Waals surface area contributed by atoms with Crippen molar-refractivity contribution < 1.29 is 9.53 Å². The van der Waals surface area contributed by atoms with Crippen LogP contribution in [0.1, 0.15) is 42.7 Å². The summed E-state index contributed by atoms with van der Waals surface area (Å²) in [5.41, 5.74) is 2.97. The molecule has 0 aliphatic rings. The predicted molar refractivity (Wildman–Crippen MR) is 69.6 cm³/mol. The average Bonchev–Trinajstić information content (AvgIpc) is 2.37. The second-order valence-corrected chi connectivity index (χ2v) is 4.38. The van der Waals surface area contributed by atoms with Crippen LogP contribution in [0.2, 0.25) is 0 Å². The first kappa shape index (κ1) is 12.5. The van der Waals surface area contributed by atoms with E-state index >= 15 is 0 Å². The smallest absolute Gasteiger partial charge is 0.358 e. The van der Waals surface area contributed by atoms with Gasteiger partial charge in [0.05, 0.1) is 23.8 Å². The molecule has 0 bridgehead atoms. The average molecular weight is 244 g/mol.